The zero-order valence-corrected chi connectivity index (χ0v) is 13.3. The van der Waals surface area contributed by atoms with Crippen LogP contribution in [0, 0.1) is 11.3 Å². The van der Waals surface area contributed by atoms with Crippen LogP contribution in [0.2, 0.25) is 5.02 Å². The van der Waals surface area contributed by atoms with E-state index in [-0.39, 0.29) is 0 Å². The van der Waals surface area contributed by atoms with E-state index in [0.29, 0.717) is 5.56 Å². The quantitative estimate of drug-likeness (QED) is 0.800. The van der Waals surface area contributed by atoms with Crippen molar-refractivity contribution in [3.63, 3.8) is 0 Å². The van der Waals surface area contributed by atoms with Gasteiger partial charge in [-0.05, 0) is 48.5 Å². The average molecular weight is 326 g/mol. The summed E-state index contributed by atoms with van der Waals surface area (Å²) in [6, 6.07) is 17.1. The Hall–Kier alpha value is -2.58. The SMILES string of the molecule is N#Cc1ccc(N=NN2CCN(c3ccc(Cl)cc3)CC2)cc1. The van der Waals surface area contributed by atoms with E-state index >= 15 is 0 Å². The molecule has 116 valence electrons. The van der Waals surface area contributed by atoms with Crippen LogP contribution in [0.1, 0.15) is 5.56 Å². The molecule has 0 aliphatic carbocycles. The molecule has 1 saturated heterocycles. The molecule has 1 aliphatic rings. The Morgan fingerprint density at radius 1 is 0.913 bits per heavy atom. The van der Waals surface area contributed by atoms with Gasteiger partial charge in [0.2, 0.25) is 0 Å². The molecule has 0 saturated carbocycles. The predicted octanol–water partition coefficient (Wildman–Crippen LogP) is 4.03. The van der Waals surface area contributed by atoms with Gasteiger partial charge in [-0.15, -0.1) is 5.11 Å². The molecule has 0 radical (unpaired) electrons. The van der Waals surface area contributed by atoms with Crippen LogP contribution in [0.4, 0.5) is 11.4 Å². The van der Waals surface area contributed by atoms with Gasteiger partial charge in [-0.25, -0.2) is 0 Å². The minimum Gasteiger partial charge on any atom is -0.368 e. The highest BCUT2D eigenvalue weighted by molar-refractivity contribution is 6.30. The summed E-state index contributed by atoms with van der Waals surface area (Å²) in [6.45, 7) is 3.44. The molecule has 5 nitrogen and oxygen atoms in total. The summed E-state index contributed by atoms with van der Waals surface area (Å²) in [5, 5.41) is 20.0. The molecule has 1 fully saturated rings. The highest BCUT2D eigenvalue weighted by atomic mass is 35.5. The average Bonchev–Trinajstić information content (AvgIpc) is 2.61. The Morgan fingerprint density at radius 3 is 2.17 bits per heavy atom. The number of benzene rings is 2. The van der Waals surface area contributed by atoms with Crippen LogP contribution in [0.5, 0.6) is 0 Å². The van der Waals surface area contributed by atoms with Crippen LogP contribution in [-0.2, 0) is 0 Å². The van der Waals surface area contributed by atoms with Crippen molar-refractivity contribution in [2.24, 2.45) is 10.3 Å². The number of hydrogen-bond donors (Lipinski definition) is 0. The van der Waals surface area contributed by atoms with Crippen molar-refractivity contribution in [1.29, 1.82) is 5.26 Å². The molecular formula is C17H16ClN5. The Labute approximate surface area is 140 Å². The van der Waals surface area contributed by atoms with Crippen molar-refractivity contribution in [2.45, 2.75) is 0 Å². The number of rotatable bonds is 3. The molecule has 23 heavy (non-hydrogen) atoms. The molecular weight excluding hydrogens is 310 g/mol. The number of piperazine rings is 1. The lowest BCUT2D eigenvalue weighted by molar-refractivity contribution is 0.254. The van der Waals surface area contributed by atoms with Gasteiger partial charge in [0.15, 0.2) is 0 Å². The molecule has 2 aromatic rings. The minimum absolute atomic E-state index is 0.625. The van der Waals surface area contributed by atoms with E-state index < -0.39 is 0 Å². The number of halogens is 1. The Kier molecular flexibility index (Phi) is 4.74. The summed E-state index contributed by atoms with van der Waals surface area (Å²) in [6.07, 6.45) is 0. The number of nitriles is 1. The van der Waals surface area contributed by atoms with Crippen molar-refractivity contribution in [3.8, 4) is 6.07 Å². The van der Waals surface area contributed by atoms with Crippen LogP contribution in [0.15, 0.2) is 58.9 Å². The van der Waals surface area contributed by atoms with E-state index in [1.165, 1.54) is 5.69 Å². The van der Waals surface area contributed by atoms with Gasteiger partial charge in [-0.1, -0.05) is 16.8 Å². The van der Waals surface area contributed by atoms with Crippen LogP contribution in [-0.4, -0.2) is 31.2 Å². The standard InChI is InChI=1S/C17H16ClN5/c18-15-3-7-17(8-4-15)22-9-11-23(12-10-22)21-20-16-5-1-14(13-19)2-6-16/h1-8H,9-12H2. The number of nitrogens with zero attached hydrogens (tertiary/aromatic N) is 5. The van der Waals surface area contributed by atoms with E-state index in [2.05, 4.69) is 21.3 Å². The van der Waals surface area contributed by atoms with Crippen LogP contribution < -0.4 is 4.90 Å². The second-order valence-corrected chi connectivity index (χ2v) is 5.70. The second kappa shape index (κ2) is 7.12. The fourth-order valence-corrected chi connectivity index (χ4v) is 2.54. The molecule has 1 aliphatic heterocycles. The van der Waals surface area contributed by atoms with Crippen molar-refractivity contribution in [3.05, 3.63) is 59.1 Å². The topological polar surface area (TPSA) is 55.0 Å². The van der Waals surface area contributed by atoms with E-state index in [4.69, 9.17) is 16.9 Å². The highest BCUT2D eigenvalue weighted by Crippen LogP contribution is 2.20. The first kappa shape index (κ1) is 15.3. The largest absolute Gasteiger partial charge is 0.368 e. The molecule has 0 amide bonds. The third kappa shape index (κ3) is 3.99. The molecule has 0 aromatic heterocycles. The summed E-state index contributed by atoms with van der Waals surface area (Å²) in [4.78, 5) is 2.31. The molecule has 0 unspecified atom stereocenters. The van der Waals surface area contributed by atoms with Crippen LogP contribution in [0.3, 0.4) is 0 Å². The third-order valence-corrected chi connectivity index (χ3v) is 3.98. The number of hydrogen-bond acceptors (Lipinski definition) is 4. The first-order chi connectivity index (χ1) is 11.2. The summed E-state index contributed by atoms with van der Waals surface area (Å²) in [5.41, 5.74) is 2.56. The van der Waals surface area contributed by atoms with E-state index in [9.17, 15) is 0 Å². The van der Waals surface area contributed by atoms with Crippen molar-refractivity contribution in [2.75, 3.05) is 31.1 Å². The molecule has 2 aromatic carbocycles. The molecule has 1 heterocycles. The summed E-state index contributed by atoms with van der Waals surface area (Å²) < 4.78 is 0. The fourth-order valence-electron chi connectivity index (χ4n) is 2.41. The molecule has 0 N–H and O–H groups in total. The Balaban J connectivity index is 1.55. The number of anilines is 1. The maximum Gasteiger partial charge on any atom is 0.0991 e. The summed E-state index contributed by atoms with van der Waals surface area (Å²) in [7, 11) is 0. The van der Waals surface area contributed by atoms with Gasteiger partial charge >= 0.3 is 0 Å². The fraction of sp³-hybridized carbons (Fsp3) is 0.235. The second-order valence-electron chi connectivity index (χ2n) is 5.27. The van der Waals surface area contributed by atoms with Crippen LogP contribution in [0.25, 0.3) is 0 Å². The van der Waals surface area contributed by atoms with Gasteiger partial charge < -0.3 is 4.90 Å². The van der Waals surface area contributed by atoms with Gasteiger partial charge in [0.05, 0.1) is 30.4 Å². The Morgan fingerprint density at radius 2 is 1.57 bits per heavy atom. The van der Waals surface area contributed by atoms with Gasteiger partial charge in [-0.3, -0.25) is 5.01 Å². The lowest BCUT2D eigenvalue weighted by Crippen LogP contribution is -2.43. The van der Waals surface area contributed by atoms with Gasteiger partial charge in [0.25, 0.3) is 0 Å². The Bertz CT molecular complexity index is 710. The van der Waals surface area contributed by atoms with Crippen molar-refractivity contribution in [1.82, 2.24) is 5.01 Å². The first-order valence-corrected chi connectivity index (χ1v) is 7.80. The van der Waals surface area contributed by atoms with Crippen molar-refractivity contribution >= 4 is 23.0 Å². The normalized spacial score (nSPS) is 15.0. The minimum atomic E-state index is 0.625. The van der Waals surface area contributed by atoms with E-state index in [1.54, 1.807) is 24.3 Å². The maximum atomic E-state index is 8.77. The molecule has 3 rings (SSSR count). The summed E-state index contributed by atoms with van der Waals surface area (Å²) >= 11 is 5.92. The van der Waals surface area contributed by atoms with Gasteiger partial charge in [-0.2, -0.15) is 5.26 Å². The predicted molar refractivity (Wildman–Crippen MR) is 90.9 cm³/mol. The maximum absolute atomic E-state index is 8.77. The van der Waals surface area contributed by atoms with E-state index in [1.807, 2.05) is 29.3 Å². The van der Waals surface area contributed by atoms with E-state index in [0.717, 1.165) is 36.9 Å². The van der Waals surface area contributed by atoms with Crippen LogP contribution >= 0.6 is 11.6 Å². The van der Waals surface area contributed by atoms with Gasteiger partial charge in [0.1, 0.15) is 0 Å². The molecule has 0 atom stereocenters. The monoisotopic (exact) mass is 325 g/mol. The molecule has 0 spiro atoms. The zero-order valence-electron chi connectivity index (χ0n) is 12.6. The van der Waals surface area contributed by atoms with Gasteiger partial charge in [0, 0.05) is 23.8 Å². The lowest BCUT2D eigenvalue weighted by Gasteiger charge is -2.33. The third-order valence-electron chi connectivity index (χ3n) is 3.73. The molecule has 0 bridgehead atoms. The lowest BCUT2D eigenvalue weighted by atomic mass is 10.2. The highest BCUT2D eigenvalue weighted by Gasteiger charge is 2.16. The zero-order chi connectivity index (χ0) is 16.1. The smallest absolute Gasteiger partial charge is 0.0991 e. The summed E-state index contributed by atoms with van der Waals surface area (Å²) in [5.74, 6) is 0. The first-order valence-electron chi connectivity index (χ1n) is 7.42. The molecule has 6 heteroatoms. The van der Waals surface area contributed by atoms with Crippen molar-refractivity contribution < 1.29 is 0 Å².